The van der Waals surface area contributed by atoms with Gasteiger partial charge in [-0.3, -0.25) is 14.5 Å². The summed E-state index contributed by atoms with van der Waals surface area (Å²) >= 11 is 0.868. The Bertz CT molecular complexity index is 1590. The van der Waals surface area contributed by atoms with Gasteiger partial charge in [0.25, 0.3) is 11.1 Å². The first-order chi connectivity index (χ1) is 18.9. The average Bonchev–Trinajstić information content (AvgIpc) is 3.21. The van der Waals surface area contributed by atoms with Crippen molar-refractivity contribution in [2.24, 2.45) is 0 Å². The van der Waals surface area contributed by atoms with Gasteiger partial charge >= 0.3 is 5.97 Å². The normalized spacial score (nSPS) is 14.2. The second kappa shape index (κ2) is 11.4. The molecule has 4 aromatic rings. The van der Waals surface area contributed by atoms with Crippen LogP contribution in [0.15, 0.2) is 89.8 Å². The number of fused-ring (bicyclic) bond motifs is 1. The summed E-state index contributed by atoms with van der Waals surface area (Å²) in [4.78, 5) is 39.8. The number of rotatable bonds is 8. The molecule has 2 amide bonds. The van der Waals surface area contributed by atoms with E-state index in [1.54, 1.807) is 36.4 Å². The molecule has 0 bridgehead atoms. The van der Waals surface area contributed by atoms with Crippen molar-refractivity contribution in [3.05, 3.63) is 107 Å². The molecule has 8 heteroatoms. The van der Waals surface area contributed by atoms with Crippen LogP contribution in [0.25, 0.3) is 16.8 Å². The van der Waals surface area contributed by atoms with Crippen LogP contribution in [0.1, 0.15) is 21.5 Å². The zero-order chi connectivity index (χ0) is 27.4. The first-order valence-electron chi connectivity index (χ1n) is 12.3. The van der Waals surface area contributed by atoms with E-state index in [1.165, 1.54) is 12.0 Å². The summed E-state index contributed by atoms with van der Waals surface area (Å²) in [6.45, 7) is 2.32. The fourth-order valence-corrected chi connectivity index (χ4v) is 5.01. The Balaban J connectivity index is 1.27. The quantitative estimate of drug-likeness (QED) is 0.144. The largest absolute Gasteiger partial charge is 0.493 e. The Morgan fingerprint density at radius 2 is 1.69 bits per heavy atom. The third-order valence-electron chi connectivity index (χ3n) is 6.18. The first-order valence-corrected chi connectivity index (χ1v) is 13.1. The van der Waals surface area contributed by atoms with Gasteiger partial charge in [0, 0.05) is 0 Å². The van der Waals surface area contributed by atoms with Gasteiger partial charge in [-0.05, 0) is 71.4 Å². The van der Waals surface area contributed by atoms with Crippen LogP contribution in [-0.4, -0.2) is 42.3 Å². The van der Waals surface area contributed by atoms with Crippen LogP contribution in [0.5, 0.6) is 17.2 Å². The number of benzene rings is 4. The molecule has 0 atom stereocenters. The Hall–Kier alpha value is -4.56. The minimum atomic E-state index is -0.508. The highest BCUT2D eigenvalue weighted by Gasteiger charge is 2.34. The van der Waals surface area contributed by atoms with Crippen molar-refractivity contribution >= 4 is 45.7 Å². The fourth-order valence-electron chi connectivity index (χ4n) is 4.15. The van der Waals surface area contributed by atoms with Gasteiger partial charge in [0.2, 0.25) is 0 Å². The number of amides is 2. The van der Waals surface area contributed by atoms with E-state index in [1.807, 2.05) is 61.5 Å². The van der Waals surface area contributed by atoms with Crippen molar-refractivity contribution < 1.29 is 28.6 Å². The van der Waals surface area contributed by atoms with Crippen molar-refractivity contribution in [3.63, 3.8) is 0 Å². The number of hydrogen-bond donors (Lipinski definition) is 0. The summed E-state index contributed by atoms with van der Waals surface area (Å²) in [5.74, 6) is 0.350. The van der Waals surface area contributed by atoms with Crippen molar-refractivity contribution in [1.29, 1.82) is 0 Å². The molecular formula is C31H25NO6S. The Labute approximate surface area is 230 Å². The summed E-state index contributed by atoms with van der Waals surface area (Å²) in [6, 6.07) is 25.5. The molecule has 0 aliphatic carbocycles. The minimum Gasteiger partial charge on any atom is -0.493 e. The van der Waals surface area contributed by atoms with E-state index >= 15 is 0 Å². The first kappa shape index (κ1) is 26.1. The molecule has 4 aromatic carbocycles. The number of nitrogens with zero attached hydrogens (tertiary/aromatic N) is 1. The van der Waals surface area contributed by atoms with Gasteiger partial charge in [0.15, 0.2) is 11.5 Å². The third-order valence-corrected chi connectivity index (χ3v) is 7.08. The lowest BCUT2D eigenvalue weighted by atomic mass is 10.0. The Morgan fingerprint density at radius 3 is 2.49 bits per heavy atom. The van der Waals surface area contributed by atoms with E-state index in [-0.39, 0.29) is 35.0 Å². The zero-order valence-electron chi connectivity index (χ0n) is 21.4. The van der Waals surface area contributed by atoms with Crippen LogP contribution in [0.2, 0.25) is 0 Å². The topological polar surface area (TPSA) is 82.1 Å². The van der Waals surface area contributed by atoms with Crippen LogP contribution in [-0.2, 0) is 4.79 Å². The maximum atomic E-state index is 13.0. The molecule has 7 nitrogen and oxygen atoms in total. The summed E-state index contributed by atoms with van der Waals surface area (Å²) in [5.41, 5.74) is 2.18. The molecule has 1 aliphatic rings. The van der Waals surface area contributed by atoms with Crippen LogP contribution < -0.4 is 14.2 Å². The van der Waals surface area contributed by atoms with Crippen LogP contribution in [0.3, 0.4) is 0 Å². The number of hydrogen-bond acceptors (Lipinski definition) is 7. The van der Waals surface area contributed by atoms with E-state index < -0.39 is 5.97 Å². The second-order valence-electron chi connectivity index (χ2n) is 8.82. The number of aryl methyl sites for hydroxylation is 1. The molecule has 0 spiro atoms. The molecule has 39 heavy (non-hydrogen) atoms. The minimum absolute atomic E-state index is 0.141. The molecule has 0 unspecified atom stereocenters. The lowest BCUT2D eigenvalue weighted by molar-refractivity contribution is -0.123. The highest BCUT2D eigenvalue weighted by atomic mass is 32.2. The van der Waals surface area contributed by atoms with Gasteiger partial charge in [-0.15, -0.1) is 0 Å². The number of methoxy groups -OCH3 is 1. The molecule has 1 saturated heterocycles. The SMILES string of the molecule is COc1cc(/C=C2\SC(=O)N(CCOc3ccc(C)cc3)C2=O)ccc1OC(=O)c1cccc2ccccc12. The monoisotopic (exact) mass is 539 g/mol. The Kier molecular flexibility index (Phi) is 7.65. The van der Waals surface area contributed by atoms with Crippen LogP contribution in [0.4, 0.5) is 4.79 Å². The summed E-state index contributed by atoms with van der Waals surface area (Å²) < 4.78 is 16.8. The van der Waals surface area contributed by atoms with Gasteiger partial charge in [-0.2, -0.15) is 0 Å². The second-order valence-corrected chi connectivity index (χ2v) is 9.81. The predicted molar refractivity (Wildman–Crippen MR) is 151 cm³/mol. The standard InChI is InChI=1S/C31H25NO6S/c1-20-10-13-23(14-11-20)37-17-16-32-29(33)28(39-31(32)35)19-21-12-15-26(27(18-21)36-2)38-30(34)25-9-5-7-22-6-3-4-8-24(22)25/h3-15,18-19H,16-17H2,1-2H3/b28-19-. The summed E-state index contributed by atoms with van der Waals surface area (Å²) in [6.07, 6.45) is 1.62. The van der Waals surface area contributed by atoms with E-state index in [2.05, 4.69) is 0 Å². The van der Waals surface area contributed by atoms with Crippen molar-refractivity contribution in [2.75, 3.05) is 20.3 Å². The highest BCUT2D eigenvalue weighted by molar-refractivity contribution is 8.18. The molecule has 0 radical (unpaired) electrons. The van der Waals surface area contributed by atoms with Gasteiger partial charge in [-0.25, -0.2) is 4.79 Å². The third kappa shape index (κ3) is 5.81. The van der Waals surface area contributed by atoms with E-state index in [0.717, 1.165) is 28.1 Å². The fraction of sp³-hybridized carbons (Fsp3) is 0.129. The maximum Gasteiger partial charge on any atom is 0.344 e. The zero-order valence-corrected chi connectivity index (χ0v) is 22.2. The summed E-state index contributed by atoms with van der Waals surface area (Å²) in [5, 5.41) is 1.37. The van der Waals surface area contributed by atoms with Gasteiger partial charge in [-0.1, -0.05) is 60.2 Å². The predicted octanol–water partition coefficient (Wildman–Crippen LogP) is 6.49. The Morgan fingerprint density at radius 1 is 0.923 bits per heavy atom. The molecular weight excluding hydrogens is 514 g/mol. The van der Waals surface area contributed by atoms with Crippen LogP contribution >= 0.6 is 11.8 Å². The lowest BCUT2D eigenvalue weighted by Crippen LogP contribution is -2.32. The van der Waals surface area contributed by atoms with Crippen molar-refractivity contribution in [1.82, 2.24) is 4.90 Å². The number of ether oxygens (including phenoxy) is 3. The van der Waals surface area contributed by atoms with Gasteiger partial charge in [0.05, 0.1) is 24.1 Å². The van der Waals surface area contributed by atoms with Crippen molar-refractivity contribution in [3.8, 4) is 17.2 Å². The molecule has 1 fully saturated rings. The smallest absolute Gasteiger partial charge is 0.344 e. The van der Waals surface area contributed by atoms with Gasteiger partial charge < -0.3 is 14.2 Å². The molecule has 0 N–H and O–H groups in total. The molecule has 1 aliphatic heterocycles. The number of carbonyl (C=O) groups is 3. The molecule has 0 saturated carbocycles. The van der Waals surface area contributed by atoms with E-state index in [0.29, 0.717) is 22.6 Å². The number of imide groups is 1. The lowest BCUT2D eigenvalue weighted by Gasteiger charge is -2.13. The molecule has 196 valence electrons. The molecule has 5 rings (SSSR count). The average molecular weight is 540 g/mol. The van der Waals surface area contributed by atoms with E-state index in [4.69, 9.17) is 14.2 Å². The van der Waals surface area contributed by atoms with Crippen molar-refractivity contribution in [2.45, 2.75) is 6.92 Å². The highest BCUT2D eigenvalue weighted by Crippen LogP contribution is 2.35. The number of thioether (sulfide) groups is 1. The number of carbonyl (C=O) groups excluding carboxylic acids is 3. The van der Waals surface area contributed by atoms with E-state index in [9.17, 15) is 14.4 Å². The molecule has 0 aromatic heterocycles. The maximum absolute atomic E-state index is 13.0. The summed E-state index contributed by atoms with van der Waals surface area (Å²) in [7, 11) is 1.47. The van der Waals surface area contributed by atoms with Gasteiger partial charge in [0.1, 0.15) is 12.4 Å². The number of esters is 1. The molecule has 1 heterocycles. The van der Waals surface area contributed by atoms with Crippen LogP contribution in [0, 0.1) is 6.92 Å².